The molecule has 5 heteroatoms. The predicted octanol–water partition coefficient (Wildman–Crippen LogP) is 1.72. The molecule has 0 spiro atoms. The average Bonchev–Trinajstić information content (AvgIpc) is 3.16. The van der Waals surface area contributed by atoms with Gasteiger partial charge < -0.3 is 10.0 Å². The standard InChI is InChI=1S/C14H16N2O3/c1-15(10-6-7-10)14(19)16-11-5-3-2-4-9(11)8-12(16)13(17)18/h2-5,10,12H,6-8H2,1H3,(H,17,18)/t12-/m0/s1. The van der Waals surface area contributed by atoms with Crippen molar-refractivity contribution in [3.63, 3.8) is 0 Å². The van der Waals surface area contributed by atoms with Crippen molar-refractivity contribution in [3.8, 4) is 0 Å². The first kappa shape index (κ1) is 12.0. The van der Waals surface area contributed by atoms with Gasteiger partial charge in [-0.2, -0.15) is 0 Å². The summed E-state index contributed by atoms with van der Waals surface area (Å²) in [5, 5.41) is 9.33. The van der Waals surface area contributed by atoms with Crippen LogP contribution in [0.5, 0.6) is 0 Å². The van der Waals surface area contributed by atoms with Gasteiger partial charge in [0.25, 0.3) is 0 Å². The zero-order valence-electron chi connectivity index (χ0n) is 10.7. The second-order valence-corrected chi connectivity index (χ2v) is 5.18. The molecule has 100 valence electrons. The fourth-order valence-electron chi connectivity index (χ4n) is 2.61. The molecule has 5 nitrogen and oxygen atoms in total. The van der Waals surface area contributed by atoms with Crippen molar-refractivity contribution in [2.75, 3.05) is 11.9 Å². The molecule has 1 N–H and O–H groups in total. The van der Waals surface area contributed by atoms with Crippen LogP contribution >= 0.6 is 0 Å². The Morgan fingerprint density at radius 1 is 1.32 bits per heavy atom. The molecular formula is C14H16N2O3. The van der Waals surface area contributed by atoms with Crippen LogP contribution in [-0.2, 0) is 11.2 Å². The Hall–Kier alpha value is -2.04. The van der Waals surface area contributed by atoms with Crippen molar-refractivity contribution < 1.29 is 14.7 Å². The molecule has 2 amide bonds. The van der Waals surface area contributed by atoms with Gasteiger partial charge in [0, 0.05) is 25.2 Å². The van der Waals surface area contributed by atoms with Crippen LogP contribution in [0.25, 0.3) is 0 Å². The van der Waals surface area contributed by atoms with Gasteiger partial charge in [-0.1, -0.05) is 18.2 Å². The van der Waals surface area contributed by atoms with Crippen molar-refractivity contribution in [2.45, 2.75) is 31.3 Å². The van der Waals surface area contributed by atoms with Gasteiger partial charge in [-0.05, 0) is 24.5 Å². The highest BCUT2D eigenvalue weighted by Crippen LogP contribution is 2.35. The molecule has 0 saturated heterocycles. The SMILES string of the molecule is CN(C(=O)N1c2ccccc2C[C@H]1C(=O)O)C1CC1. The lowest BCUT2D eigenvalue weighted by molar-refractivity contribution is -0.138. The maximum Gasteiger partial charge on any atom is 0.327 e. The Bertz CT molecular complexity index is 539. The third kappa shape index (κ3) is 1.95. The van der Waals surface area contributed by atoms with E-state index in [1.165, 1.54) is 4.90 Å². The van der Waals surface area contributed by atoms with Gasteiger partial charge in [-0.25, -0.2) is 9.59 Å². The van der Waals surface area contributed by atoms with Gasteiger partial charge >= 0.3 is 12.0 Å². The van der Waals surface area contributed by atoms with Crippen molar-refractivity contribution >= 4 is 17.7 Å². The van der Waals surface area contributed by atoms with Crippen LogP contribution in [-0.4, -0.2) is 41.1 Å². The normalized spacial score (nSPS) is 21.1. The number of hydrogen-bond acceptors (Lipinski definition) is 2. The fraction of sp³-hybridized carbons (Fsp3) is 0.429. The first-order chi connectivity index (χ1) is 9.09. The highest BCUT2D eigenvalue weighted by Gasteiger charge is 2.42. The van der Waals surface area contributed by atoms with Gasteiger partial charge in [0.05, 0.1) is 0 Å². The monoisotopic (exact) mass is 260 g/mol. The minimum atomic E-state index is -0.950. The fourth-order valence-corrected chi connectivity index (χ4v) is 2.61. The number of carbonyl (C=O) groups is 2. The summed E-state index contributed by atoms with van der Waals surface area (Å²) in [7, 11) is 1.75. The van der Waals surface area contributed by atoms with Gasteiger partial charge in [0.15, 0.2) is 0 Å². The summed E-state index contributed by atoms with van der Waals surface area (Å²) in [6, 6.07) is 6.68. The van der Waals surface area contributed by atoms with Crippen molar-refractivity contribution in [2.24, 2.45) is 0 Å². The third-order valence-electron chi connectivity index (χ3n) is 3.86. The topological polar surface area (TPSA) is 60.9 Å². The second kappa shape index (κ2) is 4.26. The number of hydrogen-bond donors (Lipinski definition) is 1. The number of rotatable bonds is 2. The Kier molecular flexibility index (Phi) is 2.69. The molecule has 1 aromatic carbocycles. The highest BCUT2D eigenvalue weighted by atomic mass is 16.4. The lowest BCUT2D eigenvalue weighted by Gasteiger charge is -2.28. The first-order valence-corrected chi connectivity index (χ1v) is 6.46. The van der Waals surface area contributed by atoms with E-state index in [1.54, 1.807) is 11.9 Å². The van der Waals surface area contributed by atoms with Gasteiger partial charge in [0.2, 0.25) is 0 Å². The quantitative estimate of drug-likeness (QED) is 0.880. The van der Waals surface area contributed by atoms with E-state index in [4.69, 9.17) is 0 Å². The van der Waals surface area contributed by atoms with E-state index in [2.05, 4.69) is 0 Å². The molecule has 1 heterocycles. The first-order valence-electron chi connectivity index (χ1n) is 6.46. The second-order valence-electron chi connectivity index (χ2n) is 5.18. The zero-order chi connectivity index (χ0) is 13.6. The molecule has 1 atom stereocenters. The number of para-hydroxylation sites is 1. The molecular weight excluding hydrogens is 244 g/mol. The molecule has 1 aliphatic heterocycles. The minimum absolute atomic E-state index is 0.208. The van der Waals surface area contributed by atoms with Crippen LogP contribution in [0.1, 0.15) is 18.4 Å². The van der Waals surface area contributed by atoms with E-state index in [0.29, 0.717) is 6.42 Å². The Morgan fingerprint density at radius 2 is 2.00 bits per heavy atom. The van der Waals surface area contributed by atoms with E-state index >= 15 is 0 Å². The van der Waals surface area contributed by atoms with Crippen LogP contribution in [0.3, 0.4) is 0 Å². The molecule has 1 fully saturated rings. The number of aliphatic carboxylic acids is 1. The van der Waals surface area contributed by atoms with E-state index in [1.807, 2.05) is 24.3 Å². The molecule has 3 rings (SSSR count). The number of benzene rings is 1. The smallest absolute Gasteiger partial charge is 0.327 e. The maximum atomic E-state index is 12.5. The largest absolute Gasteiger partial charge is 0.480 e. The minimum Gasteiger partial charge on any atom is -0.480 e. The van der Waals surface area contributed by atoms with E-state index < -0.39 is 12.0 Å². The molecule has 2 aliphatic rings. The highest BCUT2D eigenvalue weighted by molar-refractivity contribution is 6.01. The summed E-state index contributed by atoms with van der Waals surface area (Å²) in [6.07, 6.45) is 2.40. The van der Waals surface area contributed by atoms with Crippen molar-refractivity contribution in [1.29, 1.82) is 0 Å². The lowest BCUT2D eigenvalue weighted by atomic mass is 10.1. The number of carboxylic acids is 1. The Balaban J connectivity index is 1.95. The summed E-state index contributed by atoms with van der Waals surface area (Å²) < 4.78 is 0. The molecule has 19 heavy (non-hydrogen) atoms. The number of amides is 2. The molecule has 1 aromatic rings. The zero-order valence-corrected chi connectivity index (χ0v) is 10.7. The van der Waals surface area contributed by atoms with Crippen LogP contribution in [0.4, 0.5) is 10.5 Å². The van der Waals surface area contributed by atoms with Gasteiger partial charge in [-0.3, -0.25) is 4.90 Å². The summed E-state index contributed by atoms with van der Waals surface area (Å²) in [6.45, 7) is 0. The Morgan fingerprint density at radius 3 is 2.63 bits per heavy atom. The number of urea groups is 1. The maximum absolute atomic E-state index is 12.5. The predicted molar refractivity (Wildman–Crippen MR) is 70.2 cm³/mol. The number of carbonyl (C=O) groups excluding carboxylic acids is 1. The Labute approximate surface area is 111 Å². The molecule has 1 aliphatic carbocycles. The summed E-state index contributed by atoms with van der Waals surface area (Å²) >= 11 is 0. The van der Waals surface area contributed by atoms with Crippen molar-refractivity contribution in [3.05, 3.63) is 29.8 Å². The molecule has 0 radical (unpaired) electrons. The summed E-state index contributed by atoms with van der Waals surface area (Å²) in [4.78, 5) is 27.0. The van der Waals surface area contributed by atoms with E-state index in [0.717, 1.165) is 24.1 Å². The summed E-state index contributed by atoms with van der Waals surface area (Å²) in [5.41, 5.74) is 1.65. The molecule has 0 bridgehead atoms. The molecule has 0 unspecified atom stereocenters. The number of carboxylic acid groups (broad SMARTS) is 1. The van der Waals surface area contributed by atoms with Crippen LogP contribution in [0.15, 0.2) is 24.3 Å². The van der Waals surface area contributed by atoms with Crippen LogP contribution in [0.2, 0.25) is 0 Å². The third-order valence-corrected chi connectivity index (χ3v) is 3.86. The van der Waals surface area contributed by atoms with E-state index in [9.17, 15) is 14.7 Å². The number of nitrogens with zero attached hydrogens (tertiary/aromatic N) is 2. The lowest BCUT2D eigenvalue weighted by Crippen LogP contribution is -2.49. The molecule has 1 saturated carbocycles. The number of fused-ring (bicyclic) bond motifs is 1. The van der Waals surface area contributed by atoms with Crippen molar-refractivity contribution in [1.82, 2.24) is 4.90 Å². The van der Waals surface area contributed by atoms with Gasteiger partial charge in [-0.15, -0.1) is 0 Å². The number of anilines is 1. The molecule has 0 aromatic heterocycles. The van der Waals surface area contributed by atoms with Crippen LogP contribution in [0, 0.1) is 0 Å². The average molecular weight is 260 g/mol. The van der Waals surface area contributed by atoms with Crippen LogP contribution < -0.4 is 4.90 Å². The van der Waals surface area contributed by atoms with Gasteiger partial charge in [0.1, 0.15) is 6.04 Å². The van der Waals surface area contributed by atoms with E-state index in [-0.39, 0.29) is 12.1 Å². The summed E-state index contributed by atoms with van der Waals surface area (Å²) in [5.74, 6) is -0.950.